The van der Waals surface area contributed by atoms with Gasteiger partial charge in [-0.05, 0) is 30.7 Å². The monoisotopic (exact) mass is 204 g/mol. The second-order valence-corrected chi connectivity index (χ2v) is 3.53. The molecule has 1 aliphatic rings. The molecule has 0 saturated heterocycles. The molecule has 0 unspecified atom stereocenters. The molecule has 0 bridgehead atoms. The Bertz CT molecular complexity index is 343. The van der Waals surface area contributed by atoms with Crippen LogP contribution in [0.15, 0.2) is 29.3 Å². The predicted molar refractivity (Wildman–Crippen MR) is 61.6 cm³/mol. The van der Waals surface area contributed by atoms with E-state index in [-0.39, 0.29) is 0 Å². The van der Waals surface area contributed by atoms with Crippen molar-refractivity contribution in [2.45, 2.75) is 13.3 Å². The molecule has 80 valence electrons. The SMILES string of the molecule is CCCOc1ccc(C2=NCCN2)cc1. The maximum Gasteiger partial charge on any atom is 0.128 e. The molecule has 1 aromatic rings. The first kappa shape index (κ1) is 10.0. The van der Waals surface area contributed by atoms with Gasteiger partial charge >= 0.3 is 0 Å². The lowest BCUT2D eigenvalue weighted by atomic mass is 10.2. The van der Waals surface area contributed by atoms with E-state index in [2.05, 4.69) is 17.2 Å². The van der Waals surface area contributed by atoms with Crippen LogP contribution in [0.25, 0.3) is 0 Å². The highest BCUT2D eigenvalue weighted by Crippen LogP contribution is 2.13. The van der Waals surface area contributed by atoms with E-state index in [0.717, 1.165) is 43.3 Å². The van der Waals surface area contributed by atoms with Crippen molar-refractivity contribution in [1.29, 1.82) is 0 Å². The van der Waals surface area contributed by atoms with Crippen LogP contribution in [0.5, 0.6) is 5.75 Å². The standard InChI is InChI=1S/C12H16N2O/c1-2-9-15-11-5-3-10(4-6-11)12-13-7-8-14-12/h3-6H,2,7-9H2,1H3,(H,13,14). The summed E-state index contributed by atoms with van der Waals surface area (Å²) in [7, 11) is 0. The molecule has 3 heteroatoms. The summed E-state index contributed by atoms with van der Waals surface area (Å²) < 4.78 is 5.51. The Balaban J connectivity index is 2.03. The van der Waals surface area contributed by atoms with E-state index in [4.69, 9.17) is 4.74 Å². The number of amidine groups is 1. The molecule has 1 heterocycles. The van der Waals surface area contributed by atoms with Gasteiger partial charge in [0.25, 0.3) is 0 Å². The van der Waals surface area contributed by atoms with Gasteiger partial charge in [-0.1, -0.05) is 6.92 Å². The van der Waals surface area contributed by atoms with Crippen LogP contribution in [0.4, 0.5) is 0 Å². The van der Waals surface area contributed by atoms with Crippen LogP contribution in [-0.4, -0.2) is 25.5 Å². The van der Waals surface area contributed by atoms with Gasteiger partial charge in [0.05, 0.1) is 13.2 Å². The van der Waals surface area contributed by atoms with Gasteiger partial charge in [-0.25, -0.2) is 0 Å². The van der Waals surface area contributed by atoms with Gasteiger partial charge in [-0.2, -0.15) is 0 Å². The topological polar surface area (TPSA) is 33.6 Å². The summed E-state index contributed by atoms with van der Waals surface area (Å²) in [5, 5.41) is 3.24. The minimum Gasteiger partial charge on any atom is -0.494 e. The van der Waals surface area contributed by atoms with Crippen LogP contribution in [0.2, 0.25) is 0 Å². The number of benzene rings is 1. The van der Waals surface area contributed by atoms with Crippen molar-refractivity contribution in [2.75, 3.05) is 19.7 Å². The van der Waals surface area contributed by atoms with Crippen LogP contribution in [-0.2, 0) is 0 Å². The van der Waals surface area contributed by atoms with E-state index in [1.807, 2.05) is 24.3 Å². The van der Waals surface area contributed by atoms with Gasteiger partial charge in [0.1, 0.15) is 11.6 Å². The lowest BCUT2D eigenvalue weighted by molar-refractivity contribution is 0.317. The predicted octanol–water partition coefficient (Wildman–Crippen LogP) is 1.83. The fourth-order valence-electron chi connectivity index (χ4n) is 1.52. The number of aliphatic imine (C=N–C) groups is 1. The molecule has 0 atom stereocenters. The molecule has 0 radical (unpaired) electrons. The van der Waals surface area contributed by atoms with Gasteiger partial charge < -0.3 is 10.1 Å². The number of ether oxygens (including phenoxy) is 1. The summed E-state index contributed by atoms with van der Waals surface area (Å²) in [4.78, 5) is 4.36. The Morgan fingerprint density at radius 2 is 2.13 bits per heavy atom. The fourth-order valence-corrected chi connectivity index (χ4v) is 1.52. The average Bonchev–Trinajstić information content (AvgIpc) is 2.80. The second-order valence-electron chi connectivity index (χ2n) is 3.53. The fraction of sp³-hybridized carbons (Fsp3) is 0.417. The van der Waals surface area contributed by atoms with Gasteiger partial charge in [0, 0.05) is 12.1 Å². The third-order valence-electron chi connectivity index (χ3n) is 2.27. The van der Waals surface area contributed by atoms with Crippen LogP contribution < -0.4 is 10.1 Å². The molecule has 0 fully saturated rings. The summed E-state index contributed by atoms with van der Waals surface area (Å²) in [6.45, 7) is 4.71. The normalized spacial score (nSPS) is 14.6. The molecule has 15 heavy (non-hydrogen) atoms. The largest absolute Gasteiger partial charge is 0.494 e. The first-order chi connectivity index (χ1) is 7.40. The highest BCUT2D eigenvalue weighted by molar-refractivity contribution is 5.99. The van der Waals surface area contributed by atoms with Gasteiger partial charge in [-0.15, -0.1) is 0 Å². The van der Waals surface area contributed by atoms with Gasteiger partial charge in [-0.3, -0.25) is 4.99 Å². The molecule has 1 N–H and O–H groups in total. The molecule has 0 aromatic heterocycles. The zero-order valence-corrected chi connectivity index (χ0v) is 8.99. The van der Waals surface area contributed by atoms with Crippen molar-refractivity contribution in [3.05, 3.63) is 29.8 Å². The van der Waals surface area contributed by atoms with Crippen molar-refractivity contribution in [3.63, 3.8) is 0 Å². The first-order valence-corrected chi connectivity index (χ1v) is 5.41. The van der Waals surface area contributed by atoms with Crippen LogP contribution in [0.3, 0.4) is 0 Å². The van der Waals surface area contributed by atoms with Crippen LogP contribution in [0, 0.1) is 0 Å². The van der Waals surface area contributed by atoms with E-state index in [1.165, 1.54) is 0 Å². The maximum absolute atomic E-state index is 5.51. The Labute approximate surface area is 90.2 Å². The minimum absolute atomic E-state index is 0.776. The summed E-state index contributed by atoms with van der Waals surface area (Å²) in [5.41, 5.74) is 1.14. The molecule has 0 amide bonds. The summed E-state index contributed by atoms with van der Waals surface area (Å²) in [5.74, 6) is 1.93. The molecule has 0 aliphatic carbocycles. The Morgan fingerprint density at radius 3 is 2.73 bits per heavy atom. The number of rotatable bonds is 4. The van der Waals surface area contributed by atoms with E-state index >= 15 is 0 Å². The van der Waals surface area contributed by atoms with E-state index in [0.29, 0.717) is 0 Å². The molecule has 0 saturated carbocycles. The third kappa shape index (κ3) is 2.49. The second kappa shape index (κ2) is 4.82. The van der Waals surface area contributed by atoms with E-state index in [9.17, 15) is 0 Å². The average molecular weight is 204 g/mol. The number of hydrogen-bond acceptors (Lipinski definition) is 3. The summed E-state index contributed by atoms with van der Waals surface area (Å²) >= 11 is 0. The molecule has 0 spiro atoms. The van der Waals surface area contributed by atoms with Crippen LogP contribution in [0.1, 0.15) is 18.9 Å². The van der Waals surface area contributed by atoms with Crippen molar-refractivity contribution in [3.8, 4) is 5.75 Å². The number of nitrogens with zero attached hydrogens (tertiary/aromatic N) is 1. The zero-order valence-electron chi connectivity index (χ0n) is 8.99. The molecule has 2 rings (SSSR count). The minimum atomic E-state index is 0.776. The first-order valence-electron chi connectivity index (χ1n) is 5.41. The third-order valence-corrected chi connectivity index (χ3v) is 2.27. The van der Waals surface area contributed by atoms with Gasteiger partial charge in [0.15, 0.2) is 0 Å². The van der Waals surface area contributed by atoms with Gasteiger partial charge in [0.2, 0.25) is 0 Å². The van der Waals surface area contributed by atoms with Crippen molar-refractivity contribution in [2.24, 2.45) is 4.99 Å². The van der Waals surface area contributed by atoms with E-state index in [1.54, 1.807) is 0 Å². The highest BCUT2D eigenvalue weighted by atomic mass is 16.5. The molecular formula is C12H16N2O. The Kier molecular flexibility index (Phi) is 3.22. The van der Waals surface area contributed by atoms with Crippen molar-refractivity contribution >= 4 is 5.84 Å². The smallest absolute Gasteiger partial charge is 0.128 e. The zero-order chi connectivity index (χ0) is 10.5. The Hall–Kier alpha value is -1.51. The molecule has 1 aromatic carbocycles. The highest BCUT2D eigenvalue weighted by Gasteiger charge is 2.07. The molecular weight excluding hydrogens is 188 g/mol. The lowest BCUT2D eigenvalue weighted by Crippen LogP contribution is -2.19. The van der Waals surface area contributed by atoms with Crippen LogP contribution >= 0.6 is 0 Å². The molecule has 1 aliphatic heterocycles. The lowest BCUT2D eigenvalue weighted by Gasteiger charge is -2.06. The Morgan fingerprint density at radius 1 is 1.33 bits per heavy atom. The summed E-state index contributed by atoms with van der Waals surface area (Å²) in [6.07, 6.45) is 1.04. The quantitative estimate of drug-likeness (QED) is 0.811. The molecule has 3 nitrogen and oxygen atoms in total. The van der Waals surface area contributed by atoms with E-state index < -0.39 is 0 Å². The number of nitrogens with one attached hydrogen (secondary N) is 1. The van der Waals surface area contributed by atoms with Crippen molar-refractivity contribution < 1.29 is 4.74 Å². The number of hydrogen-bond donors (Lipinski definition) is 1. The van der Waals surface area contributed by atoms with Crippen molar-refractivity contribution in [1.82, 2.24) is 5.32 Å². The maximum atomic E-state index is 5.51. The summed E-state index contributed by atoms with van der Waals surface area (Å²) in [6, 6.07) is 8.07.